The van der Waals surface area contributed by atoms with E-state index in [-0.39, 0.29) is 25.2 Å². The minimum atomic E-state index is -4.56. The Labute approximate surface area is 516 Å². The smallest absolute Gasteiger partial charge is 0.753 e. The number of aromatic nitrogens is 6. The molecule has 1 aromatic carbocycles. The molecule has 8 aromatic rings. The Morgan fingerprint density at radius 3 is 1.71 bits per heavy atom. The molecule has 13 nitrogen and oxygen atoms in total. The van der Waals surface area contributed by atoms with Gasteiger partial charge in [-0.1, -0.05) is 128 Å². The summed E-state index contributed by atoms with van der Waals surface area (Å²) in [5.41, 5.74) is 5.37. The Kier molecular flexibility index (Phi) is 29.8. The van der Waals surface area contributed by atoms with Gasteiger partial charge in [0, 0.05) is 62.0 Å². The number of ether oxygens (including phenoxy) is 4. The summed E-state index contributed by atoms with van der Waals surface area (Å²) in [5.74, 6) is 2.00. The van der Waals surface area contributed by atoms with Gasteiger partial charge in [-0.15, -0.1) is 22.7 Å². The van der Waals surface area contributed by atoms with Crippen LogP contribution in [0.25, 0.3) is 70.9 Å². The zero-order chi connectivity index (χ0) is 59.2. The van der Waals surface area contributed by atoms with Gasteiger partial charge in [-0.25, -0.2) is 4.98 Å². The first kappa shape index (κ1) is 68.0. The third-order valence-corrected chi connectivity index (χ3v) is 15.6. The molecule has 0 aliphatic carbocycles. The third kappa shape index (κ3) is 21.4. The van der Waals surface area contributed by atoms with Crippen LogP contribution < -0.4 is 24.0 Å². The van der Waals surface area contributed by atoms with Crippen LogP contribution >= 0.6 is 34.9 Å². The maximum Gasteiger partial charge on any atom is 2.00 e. The number of pyridine rings is 4. The van der Waals surface area contributed by atoms with Crippen molar-refractivity contribution in [2.24, 2.45) is 0 Å². The molecule has 0 radical (unpaired) electrons. The van der Waals surface area contributed by atoms with E-state index in [1.807, 2.05) is 47.7 Å². The Morgan fingerprint density at radius 2 is 1.12 bits per heavy atom. The zero-order valence-electron chi connectivity index (χ0n) is 47.8. The molecular formula is C64H70F3N7O6RuS3. The first-order valence-electron chi connectivity index (χ1n) is 28.2. The summed E-state index contributed by atoms with van der Waals surface area (Å²) in [5, 5.41) is 15.5. The van der Waals surface area contributed by atoms with Crippen molar-refractivity contribution in [2.45, 2.75) is 143 Å². The van der Waals surface area contributed by atoms with Crippen molar-refractivity contribution in [2.75, 3.05) is 13.2 Å². The fourth-order valence-electron chi connectivity index (χ4n) is 9.06. The molecule has 7 aromatic heterocycles. The van der Waals surface area contributed by atoms with Gasteiger partial charge in [0.2, 0.25) is 0 Å². The zero-order valence-corrected chi connectivity index (χ0v) is 52.0. The number of halogens is 3. The fraction of sp³-hybridized carbons (Fsp3) is 0.375. The molecule has 0 N–H and O–H groups in total. The SMILES string of the molecule is CCCCCCCCOc1cccc(OCCCCCCCC)c1-c1ccnc(-c2cc(C(F)(F)F)n[n-]2)c1.CCCCCCc1cc(C)sc1-c1ccc(-c2ccnc(-c3cc(OC=O)cc(-c4cc(OC=O)ccn4)n3)c2)s1.[N-]=C=S.[Ru+2]. The van der Waals surface area contributed by atoms with Crippen molar-refractivity contribution in [1.29, 1.82) is 0 Å². The largest absolute Gasteiger partial charge is 2.00 e. The molecule has 0 unspecified atom stereocenters. The predicted molar refractivity (Wildman–Crippen MR) is 328 cm³/mol. The minimum absolute atomic E-state index is 0. The first-order valence-corrected chi connectivity index (χ1v) is 30.3. The van der Waals surface area contributed by atoms with Crippen molar-refractivity contribution in [3.63, 3.8) is 0 Å². The number of thiophene rings is 2. The number of isothiocyanates is 1. The van der Waals surface area contributed by atoms with Crippen molar-refractivity contribution >= 4 is 53.0 Å². The van der Waals surface area contributed by atoms with E-state index in [0.29, 0.717) is 77.6 Å². The molecule has 0 fully saturated rings. The number of unbranched alkanes of at least 4 members (excludes halogenated alkanes) is 13. The van der Waals surface area contributed by atoms with Crippen LogP contribution in [0.15, 0.2) is 110 Å². The van der Waals surface area contributed by atoms with Crippen LogP contribution in [0.1, 0.15) is 140 Å². The Bertz CT molecular complexity index is 3270. The van der Waals surface area contributed by atoms with E-state index in [9.17, 15) is 22.8 Å². The Balaban J connectivity index is 0.000000291. The fourth-order valence-corrected chi connectivity index (χ4v) is 11.3. The van der Waals surface area contributed by atoms with Crippen LogP contribution in [0.4, 0.5) is 13.2 Å². The standard InChI is InChI=1S/C32H29N3O4S2.C31H41F3N3O2.CNS.Ru/c1-3-4-5-6-7-23-14-21(2)40-32(23)31-9-8-30(41-31)22-10-12-33-26(15-22)28-17-25(39-20-37)18-29(35-28)27-16-24(38-19-36)11-13-34-27;1-3-5-7-9-11-13-20-38-27-16-15-17-28(39-21-14-12-10-8-6-4-2)30(27)24-18-19-35-25(22-24)26-23-29(37-36-26)31(32,33)34;2-1-3;/h8-20H,3-7H2,1-2H3;15-19,22-23H,3-14,20-21H2,1-2H3;;/q;2*-1;+2. The molecule has 444 valence electrons. The molecular weight excluding hydrogens is 1220 g/mol. The summed E-state index contributed by atoms with van der Waals surface area (Å²) < 4.78 is 61.8. The molecule has 7 heterocycles. The number of thiocarbonyl (C=S) groups is 1. The van der Waals surface area contributed by atoms with Crippen LogP contribution in [-0.4, -0.2) is 56.4 Å². The number of aryl methyl sites for hydroxylation is 2. The number of rotatable bonds is 31. The van der Waals surface area contributed by atoms with Gasteiger partial charge in [-0.3, -0.25) is 24.5 Å². The monoisotopic (exact) mass is 1290 g/mol. The second kappa shape index (κ2) is 36.8. The summed E-state index contributed by atoms with van der Waals surface area (Å²) >= 11 is 7.33. The molecule has 0 aliphatic rings. The first-order chi connectivity index (χ1) is 40.4. The number of alkyl halides is 3. The molecule has 0 amide bonds. The van der Waals surface area contributed by atoms with E-state index < -0.39 is 11.9 Å². The molecule has 0 bridgehead atoms. The summed E-state index contributed by atoms with van der Waals surface area (Å²) in [4.78, 5) is 44.9. The van der Waals surface area contributed by atoms with Gasteiger partial charge in [0.1, 0.15) is 28.7 Å². The van der Waals surface area contributed by atoms with Gasteiger partial charge in [0.05, 0.1) is 41.6 Å². The van der Waals surface area contributed by atoms with E-state index in [4.69, 9.17) is 29.3 Å². The average Bonchev–Trinajstić information content (AvgIpc) is 3.26. The van der Waals surface area contributed by atoms with Crippen molar-refractivity contribution in [1.82, 2.24) is 30.1 Å². The number of hydrogen-bond acceptors (Lipinski definition) is 14. The van der Waals surface area contributed by atoms with Crippen molar-refractivity contribution < 1.29 is 61.2 Å². The van der Waals surface area contributed by atoms with Crippen LogP contribution in [0.5, 0.6) is 23.0 Å². The van der Waals surface area contributed by atoms with E-state index in [0.717, 1.165) is 59.7 Å². The molecule has 8 rings (SSSR count). The molecule has 0 saturated heterocycles. The quantitative estimate of drug-likeness (QED) is 0.0132. The summed E-state index contributed by atoms with van der Waals surface area (Å²) in [6.07, 6.45) is 20.3. The number of carbonyl (C=O) groups excluding carboxylic acids is 2. The minimum Gasteiger partial charge on any atom is -0.753 e. The van der Waals surface area contributed by atoms with Crippen LogP contribution in [0, 0.1) is 6.92 Å². The van der Waals surface area contributed by atoms with Crippen LogP contribution in [0.2, 0.25) is 0 Å². The van der Waals surface area contributed by atoms with Crippen molar-refractivity contribution in [3.05, 3.63) is 131 Å². The molecule has 0 atom stereocenters. The van der Waals surface area contributed by atoms with E-state index in [2.05, 4.69) is 83.3 Å². The number of hydrogen-bond donors (Lipinski definition) is 0. The second-order valence-electron chi connectivity index (χ2n) is 19.5. The average molecular weight is 1290 g/mol. The van der Waals surface area contributed by atoms with Gasteiger partial charge >= 0.3 is 25.7 Å². The summed E-state index contributed by atoms with van der Waals surface area (Å²) in [6, 6.07) is 27.3. The van der Waals surface area contributed by atoms with Gasteiger partial charge in [0.25, 0.3) is 12.9 Å². The maximum atomic E-state index is 13.1. The van der Waals surface area contributed by atoms with Crippen LogP contribution in [-0.2, 0) is 41.7 Å². The van der Waals surface area contributed by atoms with Crippen LogP contribution in [0.3, 0.4) is 0 Å². The Morgan fingerprint density at radius 1 is 0.607 bits per heavy atom. The van der Waals surface area contributed by atoms with Gasteiger partial charge in [-0.05, 0) is 116 Å². The van der Waals surface area contributed by atoms with E-state index in [1.165, 1.54) is 109 Å². The van der Waals surface area contributed by atoms with Gasteiger partial charge in [0.15, 0.2) is 0 Å². The summed E-state index contributed by atoms with van der Waals surface area (Å²) in [6.45, 7) is 10.7. The molecule has 20 heteroatoms. The normalized spacial score (nSPS) is 10.8. The van der Waals surface area contributed by atoms with E-state index >= 15 is 0 Å². The maximum absolute atomic E-state index is 13.1. The number of benzene rings is 1. The Hall–Kier alpha value is -6.82. The second-order valence-corrected chi connectivity index (χ2v) is 22.0. The number of nitrogens with zero attached hydrogens (tertiary/aromatic N) is 7. The van der Waals surface area contributed by atoms with E-state index in [1.54, 1.807) is 54.1 Å². The molecule has 0 saturated carbocycles. The topological polar surface area (TPSA) is 172 Å². The molecule has 0 aliphatic heterocycles. The number of carbonyl (C=O) groups is 2. The predicted octanol–water partition coefficient (Wildman–Crippen LogP) is 18.1. The summed E-state index contributed by atoms with van der Waals surface area (Å²) in [7, 11) is 0. The third-order valence-electron chi connectivity index (χ3n) is 13.2. The van der Waals surface area contributed by atoms with Gasteiger partial charge in [-0.2, -0.15) is 18.3 Å². The molecule has 84 heavy (non-hydrogen) atoms. The molecule has 0 spiro atoms. The van der Waals surface area contributed by atoms with Crippen molar-refractivity contribution in [3.8, 4) is 88.5 Å². The van der Waals surface area contributed by atoms with Gasteiger partial charge < -0.3 is 34.6 Å².